The molecule has 2 N–H and O–H groups in total. The van der Waals surface area contributed by atoms with Gasteiger partial charge in [0.25, 0.3) is 0 Å². The van der Waals surface area contributed by atoms with Gasteiger partial charge in [-0.2, -0.15) is 0 Å². The molecule has 1 aromatic carbocycles. The molecule has 1 heterocycles. The molecule has 4 heteroatoms. The lowest BCUT2D eigenvalue weighted by atomic mass is 9.95. The Kier molecular flexibility index (Phi) is 4.56. The first-order valence-corrected chi connectivity index (χ1v) is 6.81. The zero-order valence-electron chi connectivity index (χ0n) is 11.6. The Balaban J connectivity index is 1.95. The van der Waals surface area contributed by atoms with Crippen LogP contribution in [0.15, 0.2) is 24.3 Å². The highest BCUT2D eigenvalue weighted by Crippen LogP contribution is 2.17. The number of hydrogen-bond donors (Lipinski definition) is 2. The second-order valence-electron chi connectivity index (χ2n) is 5.30. The Bertz CT molecular complexity index is 446. The van der Waals surface area contributed by atoms with Crippen molar-refractivity contribution < 1.29 is 9.90 Å². The lowest BCUT2D eigenvalue weighted by Gasteiger charge is -2.29. The van der Waals surface area contributed by atoms with Crippen molar-refractivity contribution in [2.24, 2.45) is 0 Å². The van der Waals surface area contributed by atoms with Crippen LogP contribution in [0, 0.1) is 0 Å². The second-order valence-corrected chi connectivity index (χ2v) is 5.30. The van der Waals surface area contributed by atoms with E-state index in [-0.39, 0.29) is 18.1 Å². The van der Waals surface area contributed by atoms with Crippen molar-refractivity contribution in [2.75, 3.05) is 13.6 Å². The van der Waals surface area contributed by atoms with Gasteiger partial charge in [0.05, 0.1) is 12.1 Å². The van der Waals surface area contributed by atoms with Gasteiger partial charge in [0.1, 0.15) is 0 Å². The first-order chi connectivity index (χ1) is 9.08. The molecule has 2 atom stereocenters. The Morgan fingerprint density at radius 3 is 2.84 bits per heavy atom. The predicted molar refractivity (Wildman–Crippen MR) is 74.7 cm³/mol. The smallest absolute Gasteiger partial charge is 0.239 e. The maximum absolute atomic E-state index is 12.3. The first kappa shape index (κ1) is 14.0. The van der Waals surface area contributed by atoms with Crippen LogP contribution in [-0.2, 0) is 17.8 Å². The van der Waals surface area contributed by atoms with Gasteiger partial charge in [-0.25, -0.2) is 0 Å². The van der Waals surface area contributed by atoms with E-state index in [1.54, 1.807) is 18.9 Å². The van der Waals surface area contributed by atoms with Gasteiger partial charge < -0.3 is 15.3 Å². The summed E-state index contributed by atoms with van der Waals surface area (Å²) in [5, 5.41) is 12.6. The predicted octanol–water partition coefficient (Wildman–Crippen LogP) is 0.930. The minimum absolute atomic E-state index is 0.107. The number of hydrogen-bond acceptors (Lipinski definition) is 3. The second kappa shape index (κ2) is 6.17. The van der Waals surface area contributed by atoms with Crippen molar-refractivity contribution in [1.29, 1.82) is 0 Å². The molecule has 1 unspecified atom stereocenters. The molecule has 0 radical (unpaired) electrons. The highest BCUT2D eigenvalue weighted by molar-refractivity contribution is 5.82. The molecule has 0 saturated heterocycles. The Morgan fingerprint density at radius 2 is 2.16 bits per heavy atom. The molecule has 19 heavy (non-hydrogen) atoms. The number of carbonyl (C=O) groups is 1. The first-order valence-electron chi connectivity index (χ1n) is 6.81. The van der Waals surface area contributed by atoms with Crippen LogP contribution in [0.2, 0.25) is 0 Å². The van der Waals surface area contributed by atoms with E-state index in [4.69, 9.17) is 0 Å². The summed E-state index contributed by atoms with van der Waals surface area (Å²) in [5.41, 5.74) is 2.53. The third-order valence-electron chi connectivity index (χ3n) is 3.64. The van der Waals surface area contributed by atoms with E-state index in [1.165, 1.54) is 11.1 Å². The molecule has 0 spiro atoms. The number of aliphatic hydroxyl groups is 1. The van der Waals surface area contributed by atoms with Gasteiger partial charge in [-0.1, -0.05) is 24.3 Å². The van der Waals surface area contributed by atoms with Crippen LogP contribution in [-0.4, -0.2) is 41.7 Å². The zero-order valence-corrected chi connectivity index (χ0v) is 11.6. The van der Waals surface area contributed by atoms with Crippen LogP contribution in [0.5, 0.6) is 0 Å². The number of fused-ring (bicyclic) bond motifs is 1. The van der Waals surface area contributed by atoms with Crippen LogP contribution in [0.4, 0.5) is 0 Å². The summed E-state index contributed by atoms with van der Waals surface area (Å²) in [4.78, 5) is 14.0. The molecular weight excluding hydrogens is 240 g/mol. The normalized spacial score (nSPS) is 19.6. The van der Waals surface area contributed by atoms with E-state index in [0.717, 1.165) is 13.0 Å². The minimum atomic E-state index is -0.365. The fourth-order valence-electron chi connectivity index (χ4n) is 2.39. The average molecular weight is 262 g/mol. The van der Waals surface area contributed by atoms with Gasteiger partial charge in [-0.05, 0) is 30.9 Å². The molecule has 0 aromatic heterocycles. The number of aliphatic hydroxyl groups excluding tert-OH is 1. The molecule has 104 valence electrons. The highest BCUT2D eigenvalue weighted by atomic mass is 16.3. The topological polar surface area (TPSA) is 52.6 Å². The van der Waals surface area contributed by atoms with E-state index in [9.17, 15) is 9.90 Å². The SMILES string of the molecule is CC(O)CCN(C)C(=O)[C@@H]1Cc2ccccc2CN1. The molecule has 4 nitrogen and oxygen atoms in total. The lowest BCUT2D eigenvalue weighted by molar-refractivity contribution is -0.132. The Labute approximate surface area is 114 Å². The standard InChI is InChI=1S/C15H22N2O2/c1-11(18)7-8-17(2)15(19)14-9-12-5-3-4-6-13(12)10-16-14/h3-6,11,14,16,18H,7-10H2,1-2H3/t11?,14-/m0/s1. The third-order valence-corrected chi connectivity index (χ3v) is 3.64. The summed E-state index contributed by atoms with van der Waals surface area (Å²) >= 11 is 0. The number of amides is 1. The maximum atomic E-state index is 12.3. The molecule has 1 aliphatic rings. The molecule has 0 aliphatic carbocycles. The highest BCUT2D eigenvalue weighted by Gasteiger charge is 2.26. The molecule has 0 bridgehead atoms. The van der Waals surface area contributed by atoms with E-state index in [0.29, 0.717) is 13.0 Å². The van der Waals surface area contributed by atoms with Crippen molar-refractivity contribution in [3.05, 3.63) is 35.4 Å². The molecule has 2 rings (SSSR count). The molecule has 1 aromatic rings. The van der Waals surface area contributed by atoms with Crippen molar-refractivity contribution in [3.8, 4) is 0 Å². The summed E-state index contributed by atoms with van der Waals surface area (Å²) in [6, 6.07) is 8.08. The summed E-state index contributed by atoms with van der Waals surface area (Å²) in [6.07, 6.45) is 0.995. The lowest BCUT2D eigenvalue weighted by Crippen LogP contribution is -2.48. The number of carbonyl (C=O) groups excluding carboxylic acids is 1. The number of benzene rings is 1. The maximum Gasteiger partial charge on any atom is 0.239 e. The van der Waals surface area contributed by atoms with Crippen LogP contribution in [0.25, 0.3) is 0 Å². The van der Waals surface area contributed by atoms with E-state index < -0.39 is 0 Å². The number of likely N-dealkylation sites (N-methyl/N-ethyl adjacent to an activating group) is 1. The van der Waals surface area contributed by atoms with Crippen molar-refractivity contribution >= 4 is 5.91 Å². The van der Waals surface area contributed by atoms with Gasteiger partial charge in [0.15, 0.2) is 0 Å². The number of rotatable bonds is 4. The molecule has 1 aliphatic heterocycles. The average Bonchev–Trinajstić information content (AvgIpc) is 2.43. The number of nitrogens with zero attached hydrogens (tertiary/aromatic N) is 1. The van der Waals surface area contributed by atoms with Gasteiger partial charge in [0.2, 0.25) is 5.91 Å². The molecular formula is C15H22N2O2. The van der Waals surface area contributed by atoms with Crippen LogP contribution in [0.3, 0.4) is 0 Å². The van der Waals surface area contributed by atoms with Gasteiger partial charge in [-0.15, -0.1) is 0 Å². The van der Waals surface area contributed by atoms with Gasteiger partial charge in [0, 0.05) is 20.1 Å². The Hall–Kier alpha value is -1.39. The van der Waals surface area contributed by atoms with Crippen LogP contribution >= 0.6 is 0 Å². The number of nitrogens with one attached hydrogen (secondary N) is 1. The summed E-state index contributed by atoms with van der Waals surface area (Å²) in [6.45, 7) is 3.08. The quantitative estimate of drug-likeness (QED) is 0.849. The summed E-state index contributed by atoms with van der Waals surface area (Å²) in [7, 11) is 1.80. The van der Waals surface area contributed by atoms with Crippen molar-refractivity contribution in [1.82, 2.24) is 10.2 Å². The van der Waals surface area contributed by atoms with Crippen LogP contribution < -0.4 is 5.32 Å². The minimum Gasteiger partial charge on any atom is -0.393 e. The van der Waals surface area contributed by atoms with E-state index in [2.05, 4.69) is 17.4 Å². The summed E-state index contributed by atoms with van der Waals surface area (Å²) in [5.74, 6) is 0.107. The van der Waals surface area contributed by atoms with Gasteiger partial charge in [-0.3, -0.25) is 4.79 Å². The molecule has 0 fully saturated rings. The Morgan fingerprint density at radius 1 is 1.47 bits per heavy atom. The van der Waals surface area contributed by atoms with Crippen molar-refractivity contribution in [3.63, 3.8) is 0 Å². The van der Waals surface area contributed by atoms with Crippen molar-refractivity contribution in [2.45, 2.75) is 38.5 Å². The fraction of sp³-hybridized carbons (Fsp3) is 0.533. The zero-order chi connectivity index (χ0) is 13.8. The van der Waals surface area contributed by atoms with E-state index >= 15 is 0 Å². The molecule has 1 amide bonds. The molecule has 0 saturated carbocycles. The fourth-order valence-corrected chi connectivity index (χ4v) is 2.39. The van der Waals surface area contributed by atoms with E-state index in [1.807, 2.05) is 12.1 Å². The van der Waals surface area contributed by atoms with Crippen LogP contribution in [0.1, 0.15) is 24.5 Å². The summed E-state index contributed by atoms with van der Waals surface area (Å²) < 4.78 is 0. The van der Waals surface area contributed by atoms with Gasteiger partial charge >= 0.3 is 0 Å². The largest absolute Gasteiger partial charge is 0.393 e. The third kappa shape index (κ3) is 3.55. The monoisotopic (exact) mass is 262 g/mol.